The largest absolute Gasteiger partial charge is 0.478 e. The molecule has 7 heteroatoms. The molecule has 0 radical (unpaired) electrons. The van der Waals surface area contributed by atoms with Gasteiger partial charge in [-0.2, -0.15) is 5.10 Å². The van der Waals surface area contributed by atoms with Crippen LogP contribution in [0.4, 0.5) is 0 Å². The number of aromatic nitrogens is 4. The van der Waals surface area contributed by atoms with Crippen LogP contribution in [0.15, 0.2) is 55.2 Å². The van der Waals surface area contributed by atoms with Crippen LogP contribution in [-0.2, 0) is 6.54 Å². The van der Waals surface area contributed by atoms with Crippen LogP contribution in [0.1, 0.15) is 46.9 Å². The zero-order chi connectivity index (χ0) is 18.6. The van der Waals surface area contributed by atoms with Crippen LogP contribution < -0.4 is 0 Å². The minimum atomic E-state index is -0.956. The van der Waals surface area contributed by atoms with Gasteiger partial charge in [-0.15, -0.1) is 0 Å². The van der Waals surface area contributed by atoms with E-state index < -0.39 is 5.97 Å². The van der Waals surface area contributed by atoms with Crippen LogP contribution in [0.2, 0.25) is 0 Å². The van der Waals surface area contributed by atoms with Gasteiger partial charge in [-0.3, -0.25) is 4.90 Å². The first kappa shape index (κ1) is 17.4. The molecule has 3 heterocycles. The second-order valence-electron chi connectivity index (χ2n) is 6.73. The molecule has 1 unspecified atom stereocenters. The van der Waals surface area contributed by atoms with Crippen molar-refractivity contribution in [3.05, 3.63) is 72.1 Å². The molecule has 0 aliphatic carbocycles. The molecule has 1 atom stereocenters. The Morgan fingerprint density at radius 3 is 2.93 bits per heavy atom. The monoisotopic (exact) mass is 363 g/mol. The number of piperidine rings is 1. The summed E-state index contributed by atoms with van der Waals surface area (Å²) in [6, 6.07) is 9.15. The number of carboxylic acid groups (broad SMARTS) is 1. The topological polar surface area (TPSA) is 84.1 Å². The summed E-state index contributed by atoms with van der Waals surface area (Å²) in [5, 5.41) is 13.8. The van der Waals surface area contributed by atoms with Crippen LogP contribution in [0.5, 0.6) is 0 Å². The van der Waals surface area contributed by atoms with E-state index in [1.54, 1.807) is 35.4 Å². The Labute approximate surface area is 157 Å². The van der Waals surface area contributed by atoms with Gasteiger partial charge in [0, 0.05) is 24.5 Å². The third kappa shape index (κ3) is 3.73. The Hall–Kier alpha value is -3.06. The number of hydrogen-bond acceptors (Lipinski definition) is 5. The lowest BCUT2D eigenvalue weighted by Crippen LogP contribution is -2.33. The van der Waals surface area contributed by atoms with Crippen molar-refractivity contribution in [2.75, 3.05) is 6.54 Å². The Bertz CT molecular complexity index is 925. The van der Waals surface area contributed by atoms with Gasteiger partial charge in [0.05, 0.1) is 29.2 Å². The van der Waals surface area contributed by atoms with Crippen molar-refractivity contribution in [3.8, 4) is 5.69 Å². The minimum absolute atomic E-state index is 0.240. The number of rotatable bonds is 5. The molecular weight excluding hydrogens is 342 g/mol. The molecule has 1 aromatic carbocycles. The van der Waals surface area contributed by atoms with Gasteiger partial charge in [-0.1, -0.05) is 18.6 Å². The van der Waals surface area contributed by atoms with Gasteiger partial charge in [-0.25, -0.2) is 19.4 Å². The van der Waals surface area contributed by atoms with Crippen molar-refractivity contribution in [2.45, 2.75) is 31.8 Å². The van der Waals surface area contributed by atoms with Crippen LogP contribution in [0, 0.1) is 0 Å². The third-order valence-electron chi connectivity index (χ3n) is 4.96. The SMILES string of the molecule is O=C(O)c1ccccc1-n1cc(CN2CCCCC2c2ccncn2)cn1. The average molecular weight is 363 g/mol. The molecule has 0 amide bonds. The summed E-state index contributed by atoms with van der Waals surface area (Å²) in [7, 11) is 0. The number of carbonyl (C=O) groups is 1. The van der Waals surface area contributed by atoms with Crippen molar-refractivity contribution < 1.29 is 9.90 Å². The van der Waals surface area contributed by atoms with Gasteiger partial charge in [0.2, 0.25) is 0 Å². The second kappa shape index (κ2) is 7.67. The summed E-state index contributed by atoms with van der Waals surface area (Å²) in [6.45, 7) is 1.76. The van der Waals surface area contributed by atoms with E-state index >= 15 is 0 Å². The van der Waals surface area contributed by atoms with Gasteiger partial charge >= 0.3 is 5.97 Å². The normalized spacial score (nSPS) is 17.7. The molecule has 7 nitrogen and oxygen atoms in total. The van der Waals surface area contributed by atoms with Crippen molar-refractivity contribution in [2.24, 2.45) is 0 Å². The molecule has 1 aliphatic rings. The maximum Gasteiger partial charge on any atom is 0.337 e. The fourth-order valence-corrected chi connectivity index (χ4v) is 3.68. The van der Waals surface area contributed by atoms with Crippen molar-refractivity contribution >= 4 is 5.97 Å². The highest BCUT2D eigenvalue weighted by atomic mass is 16.4. The first-order valence-corrected chi connectivity index (χ1v) is 9.08. The highest BCUT2D eigenvalue weighted by Gasteiger charge is 2.25. The molecule has 3 aromatic rings. The van der Waals surface area contributed by atoms with E-state index in [0.29, 0.717) is 5.69 Å². The summed E-state index contributed by atoms with van der Waals surface area (Å²) in [5.74, 6) is -0.956. The summed E-state index contributed by atoms with van der Waals surface area (Å²) >= 11 is 0. The first-order chi connectivity index (χ1) is 13.2. The Kier molecular flexibility index (Phi) is 4.93. The van der Waals surface area contributed by atoms with Gasteiger partial charge in [0.25, 0.3) is 0 Å². The van der Waals surface area contributed by atoms with Crippen LogP contribution in [0.25, 0.3) is 5.69 Å². The zero-order valence-corrected chi connectivity index (χ0v) is 14.9. The predicted molar refractivity (Wildman–Crippen MR) is 99.6 cm³/mol. The molecular formula is C20H21N5O2. The lowest BCUT2D eigenvalue weighted by molar-refractivity contribution is 0.0696. The minimum Gasteiger partial charge on any atom is -0.478 e. The molecule has 27 heavy (non-hydrogen) atoms. The van der Waals surface area contributed by atoms with Gasteiger partial charge < -0.3 is 5.11 Å². The molecule has 0 saturated carbocycles. The number of nitrogens with zero attached hydrogens (tertiary/aromatic N) is 5. The van der Waals surface area contributed by atoms with Gasteiger partial charge in [0.1, 0.15) is 6.33 Å². The number of aromatic carboxylic acids is 1. The lowest BCUT2D eigenvalue weighted by Gasteiger charge is -2.34. The summed E-state index contributed by atoms with van der Waals surface area (Å²) in [5.41, 5.74) is 2.91. The second-order valence-corrected chi connectivity index (χ2v) is 6.73. The van der Waals surface area contributed by atoms with E-state index in [4.69, 9.17) is 0 Å². The van der Waals surface area contributed by atoms with E-state index in [1.807, 2.05) is 24.5 Å². The molecule has 1 N–H and O–H groups in total. The average Bonchev–Trinajstić information content (AvgIpc) is 3.17. The highest BCUT2D eigenvalue weighted by molar-refractivity contribution is 5.91. The van der Waals surface area contributed by atoms with Crippen LogP contribution in [-0.4, -0.2) is 42.3 Å². The summed E-state index contributed by atoms with van der Waals surface area (Å²) in [4.78, 5) is 22.3. The smallest absolute Gasteiger partial charge is 0.337 e. The number of benzene rings is 1. The number of para-hydroxylation sites is 1. The van der Waals surface area contributed by atoms with E-state index in [0.717, 1.165) is 37.2 Å². The Morgan fingerprint density at radius 2 is 2.11 bits per heavy atom. The standard InChI is InChI=1S/C20H21N5O2/c26-20(27)16-5-1-2-6-18(16)25-13-15(11-23-25)12-24-10-4-3-7-19(24)17-8-9-21-14-22-17/h1-2,5-6,8-9,11,13-14,19H,3-4,7,10,12H2,(H,26,27). The fourth-order valence-electron chi connectivity index (χ4n) is 3.68. The van der Waals surface area contributed by atoms with Crippen molar-refractivity contribution in [1.29, 1.82) is 0 Å². The maximum absolute atomic E-state index is 11.5. The molecule has 1 fully saturated rings. The van der Waals surface area contributed by atoms with Crippen molar-refractivity contribution in [1.82, 2.24) is 24.6 Å². The van der Waals surface area contributed by atoms with E-state index in [1.165, 1.54) is 6.42 Å². The van der Waals surface area contributed by atoms with Crippen LogP contribution >= 0.6 is 0 Å². The Morgan fingerprint density at radius 1 is 1.22 bits per heavy atom. The first-order valence-electron chi connectivity index (χ1n) is 9.08. The number of likely N-dealkylation sites (tertiary alicyclic amines) is 1. The van der Waals surface area contributed by atoms with Crippen molar-refractivity contribution in [3.63, 3.8) is 0 Å². The van der Waals surface area contributed by atoms with E-state index in [9.17, 15) is 9.90 Å². The number of carboxylic acids is 1. The van der Waals surface area contributed by atoms with E-state index in [-0.39, 0.29) is 11.6 Å². The summed E-state index contributed by atoms with van der Waals surface area (Å²) in [6.07, 6.45) is 10.5. The molecule has 4 rings (SSSR count). The molecule has 0 spiro atoms. The van der Waals surface area contributed by atoms with E-state index in [2.05, 4.69) is 20.0 Å². The zero-order valence-electron chi connectivity index (χ0n) is 14.9. The predicted octanol–water partition coefficient (Wildman–Crippen LogP) is 3.09. The van der Waals surface area contributed by atoms with Gasteiger partial charge in [-0.05, 0) is 37.6 Å². The Balaban J connectivity index is 1.56. The highest BCUT2D eigenvalue weighted by Crippen LogP contribution is 2.30. The van der Waals surface area contributed by atoms with Crippen LogP contribution in [0.3, 0.4) is 0 Å². The third-order valence-corrected chi connectivity index (χ3v) is 4.96. The molecule has 138 valence electrons. The molecule has 1 saturated heterocycles. The summed E-state index contributed by atoms with van der Waals surface area (Å²) < 4.78 is 1.64. The lowest BCUT2D eigenvalue weighted by atomic mass is 9.98. The molecule has 0 bridgehead atoms. The molecule has 2 aromatic heterocycles. The fraction of sp³-hybridized carbons (Fsp3) is 0.300. The van der Waals surface area contributed by atoms with Gasteiger partial charge in [0.15, 0.2) is 0 Å². The number of hydrogen-bond donors (Lipinski definition) is 1. The maximum atomic E-state index is 11.5. The quantitative estimate of drug-likeness (QED) is 0.750. The molecule has 1 aliphatic heterocycles.